The standard InChI is InChI=1S/C21H21FN6O3/c1-12(2)28-18-13(9-24-28)8-16(10-23-18)25-17(29)11-27-19(30)21(3,26-20(27)31)14-4-6-15(22)7-5-14/h4-10,12H,11H2,1-3H3,(H,25,29)(H,26,31). The lowest BCUT2D eigenvalue weighted by Gasteiger charge is -2.22. The van der Waals surface area contributed by atoms with Crippen molar-refractivity contribution in [2.45, 2.75) is 32.4 Å². The topological polar surface area (TPSA) is 109 Å². The molecular weight excluding hydrogens is 403 g/mol. The highest BCUT2D eigenvalue weighted by Gasteiger charge is 2.49. The average Bonchev–Trinajstić information content (AvgIpc) is 3.23. The summed E-state index contributed by atoms with van der Waals surface area (Å²) in [5.74, 6) is -1.60. The number of pyridine rings is 1. The molecule has 4 rings (SSSR count). The molecule has 1 unspecified atom stereocenters. The number of nitrogens with zero attached hydrogens (tertiary/aromatic N) is 4. The Bertz CT molecular complexity index is 1190. The second-order valence-electron chi connectivity index (χ2n) is 7.82. The van der Waals surface area contributed by atoms with E-state index in [-0.39, 0.29) is 6.04 Å². The molecule has 0 saturated carbocycles. The smallest absolute Gasteiger partial charge is 0.323 e. The van der Waals surface area contributed by atoms with Gasteiger partial charge in [0, 0.05) is 11.4 Å². The van der Waals surface area contributed by atoms with Crippen molar-refractivity contribution in [3.8, 4) is 0 Å². The summed E-state index contributed by atoms with van der Waals surface area (Å²) in [6.07, 6.45) is 3.15. The maximum absolute atomic E-state index is 13.2. The zero-order valence-electron chi connectivity index (χ0n) is 17.2. The van der Waals surface area contributed by atoms with Crippen molar-refractivity contribution in [3.05, 3.63) is 54.1 Å². The predicted molar refractivity (Wildman–Crippen MR) is 111 cm³/mol. The normalized spacial score (nSPS) is 18.7. The number of hydrogen-bond acceptors (Lipinski definition) is 5. The Kier molecular flexibility index (Phi) is 4.92. The molecule has 4 amide bonds. The van der Waals surface area contributed by atoms with Gasteiger partial charge in [0.1, 0.15) is 17.9 Å². The molecular formula is C21H21FN6O3. The predicted octanol–water partition coefficient (Wildman–Crippen LogP) is 2.56. The number of nitrogens with one attached hydrogen (secondary N) is 2. The molecule has 1 aliphatic rings. The van der Waals surface area contributed by atoms with E-state index in [4.69, 9.17) is 0 Å². The van der Waals surface area contributed by atoms with Crippen LogP contribution in [0.4, 0.5) is 14.9 Å². The van der Waals surface area contributed by atoms with E-state index in [1.807, 2.05) is 13.8 Å². The van der Waals surface area contributed by atoms with Crippen LogP contribution in [0.5, 0.6) is 0 Å². The number of carbonyl (C=O) groups is 3. The van der Waals surface area contributed by atoms with Crippen molar-refractivity contribution in [2.24, 2.45) is 0 Å². The fraction of sp³-hybridized carbons (Fsp3) is 0.286. The molecule has 0 aliphatic carbocycles. The molecule has 31 heavy (non-hydrogen) atoms. The number of benzene rings is 1. The minimum atomic E-state index is -1.38. The van der Waals surface area contributed by atoms with E-state index < -0.39 is 35.7 Å². The first-order valence-electron chi connectivity index (χ1n) is 9.72. The van der Waals surface area contributed by atoms with Gasteiger partial charge in [-0.15, -0.1) is 0 Å². The second-order valence-corrected chi connectivity index (χ2v) is 7.82. The van der Waals surface area contributed by atoms with E-state index in [1.165, 1.54) is 37.4 Å². The summed E-state index contributed by atoms with van der Waals surface area (Å²) >= 11 is 0. The third-order valence-corrected chi connectivity index (χ3v) is 5.20. The summed E-state index contributed by atoms with van der Waals surface area (Å²) in [5.41, 5.74) is 0.162. The van der Waals surface area contributed by atoms with Crippen molar-refractivity contribution in [3.63, 3.8) is 0 Å². The first-order valence-corrected chi connectivity index (χ1v) is 9.72. The molecule has 2 aromatic heterocycles. The minimum Gasteiger partial charge on any atom is -0.323 e. The van der Waals surface area contributed by atoms with Gasteiger partial charge in [-0.25, -0.2) is 18.9 Å². The van der Waals surface area contributed by atoms with Crippen LogP contribution < -0.4 is 10.6 Å². The molecule has 1 aliphatic heterocycles. The molecule has 2 N–H and O–H groups in total. The van der Waals surface area contributed by atoms with E-state index in [0.29, 0.717) is 16.9 Å². The molecule has 0 radical (unpaired) electrons. The lowest BCUT2D eigenvalue weighted by Crippen LogP contribution is -2.42. The van der Waals surface area contributed by atoms with E-state index in [9.17, 15) is 18.8 Å². The Labute approximate surface area is 177 Å². The maximum atomic E-state index is 13.2. The summed E-state index contributed by atoms with van der Waals surface area (Å²) in [7, 11) is 0. The number of urea groups is 1. The summed E-state index contributed by atoms with van der Waals surface area (Å²) in [6, 6.07) is 6.44. The molecule has 0 bridgehead atoms. The minimum absolute atomic E-state index is 0.139. The first kappa shape index (κ1) is 20.5. The zero-order chi connectivity index (χ0) is 22.3. The molecule has 10 heteroatoms. The van der Waals surface area contributed by atoms with Gasteiger partial charge in [-0.1, -0.05) is 12.1 Å². The number of anilines is 1. The lowest BCUT2D eigenvalue weighted by molar-refractivity contribution is -0.133. The van der Waals surface area contributed by atoms with Crippen molar-refractivity contribution in [1.29, 1.82) is 0 Å². The fourth-order valence-electron chi connectivity index (χ4n) is 3.55. The zero-order valence-corrected chi connectivity index (χ0v) is 17.2. The lowest BCUT2D eigenvalue weighted by atomic mass is 9.92. The molecule has 9 nitrogen and oxygen atoms in total. The van der Waals surface area contributed by atoms with E-state index in [2.05, 4.69) is 20.7 Å². The number of halogens is 1. The Morgan fingerprint density at radius 3 is 2.61 bits per heavy atom. The molecule has 160 valence electrons. The number of carbonyl (C=O) groups excluding carboxylic acids is 3. The summed E-state index contributed by atoms with van der Waals surface area (Å²) in [5, 5.41) is 10.3. The molecule has 3 heterocycles. The van der Waals surface area contributed by atoms with Crippen LogP contribution in [0.3, 0.4) is 0 Å². The van der Waals surface area contributed by atoms with E-state index in [1.54, 1.807) is 16.9 Å². The highest BCUT2D eigenvalue weighted by atomic mass is 19.1. The van der Waals surface area contributed by atoms with E-state index in [0.717, 1.165) is 10.3 Å². The van der Waals surface area contributed by atoms with Crippen LogP contribution in [0.25, 0.3) is 11.0 Å². The Morgan fingerprint density at radius 2 is 1.94 bits per heavy atom. The van der Waals surface area contributed by atoms with Gasteiger partial charge in [0.15, 0.2) is 5.65 Å². The molecule has 0 spiro atoms. The van der Waals surface area contributed by atoms with Gasteiger partial charge < -0.3 is 10.6 Å². The van der Waals surface area contributed by atoms with Gasteiger partial charge in [-0.2, -0.15) is 5.10 Å². The van der Waals surface area contributed by atoms with Gasteiger partial charge in [-0.05, 0) is 44.5 Å². The van der Waals surface area contributed by atoms with Crippen LogP contribution in [0.15, 0.2) is 42.7 Å². The van der Waals surface area contributed by atoms with Crippen LogP contribution in [-0.4, -0.2) is 44.1 Å². The number of imide groups is 1. The Hall–Kier alpha value is -3.82. The van der Waals surface area contributed by atoms with Gasteiger partial charge in [0.25, 0.3) is 5.91 Å². The highest BCUT2D eigenvalue weighted by Crippen LogP contribution is 2.29. The monoisotopic (exact) mass is 424 g/mol. The number of aromatic nitrogens is 3. The fourth-order valence-corrected chi connectivity index (χ4v) is 3.55. The second kappa shape index (κ2) is 7.46. The molecule has 1 atom stereocenters. The van der Waals surface area contributed by atoms with Crippen LogP contribution in [0, 0.1) is 5.82 Å². The number of rotatable bonds is 5. The number of hydrogen-bond donors (Lipinski definition) is 2. The number of fused-ring (bicyclic) bond motifs is 1. The largest absolute Gasteiger partial charge is 0.325 e. The Balaban J connectivity index is 1.48. The van der Waals surface area contributed by atoms with E-state index >= 15 is 0 Å². The van der Waals surface area contributed by atoms with Crippen LogP contribution in [0.1, 0.15) is 32.4 Å². The molecule has 3 aromatic rings. The average molecular weight is 424 g/mol. The van der Waals surface area contributed by atoms with Crippen LogP contribution in [0.2, 0.25) is 0 Å². The first-order chi connectivity index (χ1) is 14.7. The van der Waals surface area contributed by atoms with Crippen molar-refractivity contribution < 1.29 is 18.8 Å². The molecule has 1 fully saturated rings. The van der Waals surface area contributed by atoms with Crippen molar-refractivity contribution >= 4 is 34.6 Å². The summed E-state index contributed by atoms with van der Waals surface area (Å²) < 4.78 is 15.0. The summed E-state index contributed by atoms with van der Waals surface area (Å²) in [4.78, 5) is 43.0. The van der Waals surface area contributed by atoms with Gasteiger partial charge in [-0.3, -0.25) is 14.5 Å². The van der Waals surface area contributed by atoms with Crippen molar-refractivity contribution in [1.82, 2.24) is 25.0 Å². The summed E-state index contributed by atoms with van der Waals surface area (Å²) in [6.45, 7) is 5.02. The molecule has 1 saturated heterocycles. The van der Waals surface area contributed by atoms with Crippen molar-refractivity contribution in [2.75, 3.05) is 11.9 Å². The van der Waals surface area contributed by atoms with Gasteiger partial charge in [0.05, 0.1) is 18.1 Å². The highest BCUT2D eigenvalue weighted by molar-refractivity contribution is 6.10. The number of amides is 4. The molecule has 1 aromatic carbocycles. The maximum Gasteiger partial charge on any atom is 0.325 e. The quantitative estimate of drug-likeness (QED) is 0.612. The third-order valence-electron chi connectivity index (χ3n) is 5.20. The van der Waals surface area contributed by atoms with Gasteiger partial charge >= 0.3 is 6.03 Å². The van der Waals surface area contributed by atoms with Gasteiger partial charge in [0.2, 0.25) is 5.91 Å². The van der Waals surface area contributed by atoms with Crippen LogP contribution in [-0.2, 0) is 15.1 Å². The Morgan fingerprint density at radius 1 is 1.23 bits per heavy atom. The van der Waals surface area contributed by atoms with Crippen LogP contribution >= 0.6 is 0 Å². The SMILES string of the molecule is CC(C)n1ncc2cc(NC(=O)CN3C(=O)NC(C)(c4ccc(F)cc4)C3=O)cnc21. The third kappa shape index (κ3) is 3.60.